The predicted molar refractivity (Wildman–Crippen MR) is 95.4 cm³/mol. The zero-order chi connectivity index (χ0) is 18.8. The predicted octanol–water partition coefficient (Wildman–Crippen LogP) is 4.34. The average molecular weight is 379 g/mol. The first-order valence-electron chi connectivity index (χ1n) is 8.42. The fourth-order valence-electron chi connectivity index (χ4n) is 2.90. The van der Waals surface area contributed by atoms with Crippen molar-refractivity contribution in [3.63, 3.8) is 0 Å². The van der Waals surface area contributed by atoms with E-state index in [4.69, 9.17) is 4.74 Å². The Labute approximate surface area is 154 Å². The Bertz CT molecular complexity index is 849. The van der Waals surface area contributed by atoms with Gasteiger partial charge in [-0.2, -0.15) is 0 Å². The number of anilines is 1. The highest BCUT2D eigenvalue weighted by Crippen LogP contribution is 2.32. The number of hydrogen-bond donors (Lipinski definition) is 1. The molecule has 0 saturated heterocycles. The van der Waals surface area contributed by atoms with Gasteiger partial charge in [-0.25, -0.2) is 13.6 Å². The highest BCUT2D eigenvalue weighted by atomic mass is 32.1. The molecular formula is C19H19F2NO3S. The van der Waals surface area contributed by atoms with E-state index in [0.29, 0.717) is 16.9 Å². The van der Waals surface area contributed by atoms with E-state index in [1.807, 2.05) is 6.07 Å². The first-order valence-corrected chi connectivity index (χ1v) is 9.23. The molecule has 1 aromatic carbocycles. The van der Waals surface area contributed by atoms with Crippen molar-refractivity contribution in [1.29, 1.82) is 0 Å². The molecule has 0 spiro atoms. The number of hydrogen-bond acceptors (Lipinski definition) is 4. The normalized spacial score (nSPS) is 17.3. The third-order valence-corrected chi connectivity index (χ3v) is 5.59. The number of aryl methyl sites for hydroxylation is 1. The fraction of sp³-hybridized carbons (Fsp3) is 0.368. The van der Waals surface area contributed by atoms with Gasteiger partial charge in [0.2, 0.25) is 0 Å². The van der Waals surface area contributed by atoms with Gasteiger partial charge in [-0.15, -0.1) is 11.3 Å². The minimum atomic E-state index is -1.11. The van der Waals surface area contributed by atoms with Crippen LogP contribution >= 0.6 is 11.3 Å². The summed E-state index contributed by atoms with van der Waals surface area (Å²) >= 11 is 1.40. The molecule has 1 amide bonds. The van der Waals surface area contributed by atoms with Crippen molar-refractivity contribution in [2.24, 2.45) is 5.92 Å². The van der Waals surface area contributed by atoms with Crippen LogP contribution in [0.3, 0.4) is 0 Å². The van der Waals surface area contributed by atoms with Gasteiger partial charge in [-0.05, 0) is 55.9 Å². The molecule has 0 fully saturated rings. The van der Waals surface area contributed by atoms with E-state index in [-0.39, 0.29) is 5.69 Å². The fourth-order valence-corrected chi connectivity index (χ4v) is 4.00. The van der Waals surface area contributed by atoms with Gasteiger partial charge in [-0.1, -0.05) is 6.92 Å². The lowest BCUT2D eigenvalue weighted by molar-refractivity contribution is -0.123. The maximum Gasteiger partial charge on any atom is 0.349 e. The third-order valence-electron chi connectivity index (χ3n) is 4.37. The van der Waals surface area contributed by atoms with Crippen LogP contribution in [0.5, 0.6) is 0 Å². The van der Waals surface area contributed by atoms with Gasteiger partial charge in [0.05, 0.1) is 5.69 Å². The highest BCUT2D eigenvalue weighted by molar-refractivity contribution is 7.14. The van der Waals surface area contributed by atoms with E-state index in [1.54, 1.807) is 0 Å². The summed E-state index contributed by atoms with van der Waals surface area (Å²) in [5, 5.41) is 2.29. The summed E-state index contributed by atoms with van der Waals surface area (Å²) < 4.78 is 31.7. The quantitative estimate of drug-likeness (QED) is 0.805. The SMILES string of the molecule is C[C@H]1CCc2sc(C(=O)O[C@@H](C)C(=O)Nc3ccc(F)cc3F)cc2C1. The van der Waals surface area contributed by atoms with Crippen LogP contribution in [-0.4, -0.2) is 18.0 Å². The molecule has 2 atom stereocenters. The second-order valence-corrected chi connectivity index (χ2v) is 7.70. The van der Waals surface area contributed by atoms with Crippen LogP contribution in [0, 0.1) is 17.6 Å². The van der Waals surface area contributed by atoms with Crippen molar-refractivity contribution in [2.75, 3.05) is 5.32 Å². The molecule has 7 heteroatoms. The van der Waals surface area contributed by atoms with E-state index in [9.17, 15) is 18.4 Å². The number of amides is 1. The summed E-state index contributed by atoms with van der Waals surface area (Å²) in [4.78, 5) is 26.1. The minimum absolute atomic E-state index is 0.167. The average Bonchev–Trinajstić information content (AvgIpc) is 3.00. The molecule has 1 aromatic heterocycles. The molecule has 0 aliphatic heterocycles. The number of fused-ring (bicyclic) bond motifs is 1. The largest absolute Gasteiger partial charge is 0.448 e. The van der Waals surface area contributed by atoms with Gasteiger partial charge in [-0.3, -0.25) is 4.79 Å². The number of carbonyl (C=O) groups is 2. The van der Waals surface area contributed by atoms with Crippen LogP contribution < -0.4 is 5.32 Å². The Hall–Kier alpha value is -2.28. The second-order valence-electron chi connectivity index (χ2n) is 6.57. The molecule has 0 unspecified atom stereocenters. The topological polar surface area (TPSA) is 55.4 Å². The molecule has 4 nitrogen and oxygen atoms in total. The smallest absolute Gasteiger partial charge is 0.349 e. The molecule has 1 aliphatic carbocycles. The van der Waals surface area contributed by atoms with Gasteiger partial charge in [0.25, 0.3) is 5.91 Å². The van der Waals surface area contributed by atoms with Crippen LogP contribution in [0.4, 0.5) is 14.5 Å². The minimum Gasteiger partial charge on any atom is -0.448 e. The van der Waals surface area contributed by atoms with E-state index in [1.165, 1.54) is 28.7 Å². The molecule has 0 radical (unpaired) electrons. The Kier molecular flexibility index (Phi) is 5.36. The van der Waals surface area contributed by atoms with Gasteiger partial charge in [0, 0.05) is 10.9 Å². The molecule has 1 aliphatic rings. The summed E-state index contributed by atoms with van der Waals surface area (Å²) in [6.07, 6.45) is 1.89. The number of esters is 1. The lowest BCUT2D eigenvalue weighted by Crippen LogP contribution is -2.30. The first kappa shape index (κ1) is 18.5. The number of benzene rings is 1. The van der Waals surface area contributed by atoms with Crippen LogP contribution in [0.2, 0.25) is 0 Å². The van der Waals surface area contributed by atoms with Crippen molar-refractivity contribution in [3.05, 3.63) is 51.2 Å². The Morgan fingerprint density at radius 2 is 2.08 bits per heavy atom. The standard InChI is InChI=1S/C19H19F2NO3S/c1-10-3-6-16-12(7-10)8-17(26-16)19(24)25-11(2)18(23)22-15-5-4-13(20)9-14(15)21/h4-5,8-11H,3,6-7H2,1-2H3,(H,22,23)/t10-,11-/m0/s1. The maximum atomic E-state index is 13.6. The number of halogens is 2. The molecule has 138 valence electrons. The number of carbonyl (C=O) groups excluding carboxylic acids is 2. The molecule has 2 aromatic rings. The lowest BCUT2D eigenvalue weighted by Gasteiger charge is -2.16. The highest BCUT2D eigenvalue weighted by Gasteiger charge is 2.24. The second kappa shape index (κ2) is 7.53. The first-order chi connectivity index (χ1) is 12.3. The summed E-state index contributed by atoms with van der Waals surface area (Å²) in [7, 11) is 0. The lowest BCUT2D eigenvalue weighted by atomic mass is 9.90. The van der Waals surface area contributed by atoms with E-state index < -0.39 is 29.6 Å². The van der Waals surface area contributed by atoms with Crippen LogP contribution in [-0.2, 0) is 22.4 Å². The van der Waals surface area contributed by atoms with Crippen LogP contribution in [0.25, 0.3) is 0 Å². The van der Waals surface area contributed by atoms with Crippen molar-refractivity contribution >= 4 is 28.9 Å². The number of ether oxygens (including phenoxy) is 1. The third kappa shape index (κ3) is 4.09. The zero-order valence-corrected chi connectivity index (χ0v) is 15.3. The number of thiophene rings is 1. The van der Waals surface area contributed by atoms with Crippen molar-refractivity contribution in [1.82, 2.24) is 0 Å². The van der Waals surface area contributed by atoms with Gasteiger partial charge < -0.3 is 10.1 Å². The summed E-state index contributed by atoms with van der Waals surface area (Å²) in [5.41, 5.74) is 1.01. The van der Waals surface area contributed by atoms with Crippen LogP contribution in [0.1, 0.15) is 40.4 Å². The number of nitrogens with one attached hydrogen (secondary N) is 1. The molecule has 3 rings (SSSR count). The Balaban J connectivity index is 1.62. The molecule has 1 N–H and O–H groups in total. The Morgan fingerprint density at radius 3 is 2.81 bits per heavy atom. The molecule has 1 heterocycles. The van der Waals surface area contributed by atoms with Crippen molar-refractivity contribution < 1.29 is 23.1 Å². The molecule has 0 bridgehead atoms. The summed E-state index contributed by atoms with van der Waals surface area (Å²) in [6, 6.07) is 4.66. The van der Waals surface area contributed by atoms with Gasteiger partial charge >= 0.3 is 5.97 Å². The number of rotatable bonds is 4. The van der Waals surface area contributed by atoms with E-state index in [2.05, 4.69) is 12.2 Å². The molecule has 0 saturated carbocycles. The molecule has 26 heavy (non-hydrogen) atoms. The monoisotopic (exact) mass is 379 g/mol. The van der Waals surface area contributed by atoms with Crippen molar-refractivity contribution in [3.8, 4) is 0 Å². The van der Waals surface area contributed by atoms with E-state index in [0.717, 1.165) is 31.4 Å². The zero-order valence-electron chi connectivity index (χ0n) is 14.5. The van der Waals surface area contributed by atoms with Crippen molar-refractivity contribution in [2.45, 2.75) is 39.2 Å². The maximum absolute atomic E-state index is 13.6. The van der Waals surface area contributed by atoms with Crippen LogP contribution in [0.15, 0.2) is 24.3 Å². The van der Waals surface area contributed by atoms with Gasteiger partial charge in [0.15, 0.2) is 6.10 Å². The summed E-state index contributed by atoms with van der Waals surface area (Å²) in [6.45, 7) is 3.59. The Morgan fingerprint density at radius 1 is 1.31 bits per heavy atom. The van der Waals surface area contributed by atoms with E-state index >= 15 is 0 Å². The molecular weight excluding hydrogens is 360 g/mol. The van der Waals surface area contributed by atoms with Gasteiger partial charge in [0.1, 0.15) is 16.5 Å². The summed E-state index contributed by atoms with van der Waals surface area (Å²) in [5.74, 6) is -2.29.